The van der Waals surface area contributed by atoms with E-state index in [2.05, 4.69) is 15.6 Å². The molecule has 142 valence electrons. The number of rotatable bonds is 7. The zero-order valence-corrected chi connectivity index (χ0v) is 15.9. The molecule has 0 saturated carbocycles. The van der Waals surface area contributed by atoms with Crippen molar-refractivity contribution in [2.24, 2.45) is 4.99 Å². The van der Waals surface area contributed by atoms with E-state index in [0.717, 1.165) is 52.7 Å². The Labute approximate surface area is 159 Å². The highest BCUT2D eigenvalue weighted by molar-refractivity contribution is 5.80. The number of hydrogen-bond donors (Lipinski definition) is 2. The van der Waals surface area contributed by atoms with Gasteiger partial charge in [-0.2, -0.15) is 0 Å². The van der Waals surface area contributed by atoms with Crippen molar-refractivity contribution in [2.45, 2.75) is 13.0 Å². The van der Waals surface area contributed by atoms with Gasteiger partial charge in [0, 0.05) is 19.0 Å². The number of nitrogens with zero attached hydrogens (tertiary/aromatic N) is 1. The molecule has 1 aromatic heterocycles. The fourth-order valence-corrected chi connectivity index (χ4v) is 2.88. The molecular weight excluding hydrogens is 342 g/mol. The summed E-state index contributed by atoms with van der Waals surface area (Å²) in [5, 5.41) is 7.69. The lowest BCUT2D eigenvalue weighted by molar-refractivity contribution is 0.354. The molecule has 2 aromatic carbocycles. The van der Waals surface area contributed by atoms with E-state index in [1.54, 1.807) is 21.3 Å². The smallest absolute Gasteiger partial charge is 0.191 e. The first-order chi connectivity index (χ1) is 13.2. The van der Waals surface area contributed by atoms with Crippen LogP contribution in [-0.4, -0.2) is 33.8 Å². The maximum absolute atomic E-state index is 5.81. The monoisotopic (exact) mass is 367 g/mol. The molecule has 0 spiro atoms. The van der Waals surface area contributed by atoms with Gasteiger partial charge in [-0.25, -0.2) is 0 Å². The van der Waals surface area contributed by atoms with E-state index in [0.29, 0.717) is 6.54 Å². The minimum Gasteiger partial charge on any atom is -0.493 e. The maximum Gasteiger partial charge on any atom is 0.191 e. The van der Waals surface area contributed by atoms with Crippen LogP contribution in [-0.2, 0) is 13.0 Å². The molecule has 1 heterocycles. The number of aliphatic imine (C=N–C) groups is 1. The van der Waals surface area contributed by atoms with Crippen LogP contribution in [0.2, 0.25) is 0 Å². The summed E-state index contributed by atoms with van der Waals surface area (Å²) in [4.78, 5) is 4.26. The Balaban J connectivity index is 1.50. The van der Waals surface area contributed by atoms with Gasteiger partial charge in [-0.15, -0.1) is 0 Å². The SMILES string of the molecule is CN=C(NCCc1ccc(OC)c(OC)c1)NCc1cc2ccccc2o1. The molecule has 3 rings (SSSR count). The van der Waals surface area contributed by atoms with Crippen molar-refractivity contribution in [1.29, 1.82) is 0 Å². The van der Waals surface area contributed by atoms with Crippen LogP contribution in [0.4, 0.5) is 0 Å². The largest absolute Gasteiger partial charge is 0.493 e. The number of benzene rings is 2. The molecule has 0 aliphatic rings. The third kappa shape index (κ3) is 4.73. The molecule has 2 N–H and O–H groups in total. The minimum absolute atomic E-state index is 0.574. The topological polar surface area (TPSA) is 68.0 Å². The highest BCUT2D eigenvalue weighted by Gasteiger charge is 2.06. The lowest BCUT2D eigenvalue weighted by Gasteiger charge is -2.12. The molecule has 0 aliphatic heterocycles. The normalized spacial score (nSPS) is 11.4. The molecule has 0 unspecified atom stereocenters. The van der Waals surface area contributed by atoms with Gasteiger partial charge in [0.05, 0.1) is 20.8 Å². The highest BCUT2D eigenvalue weighted by Crippen LogP contribution is 2.27. The Kier molecular flexibility index (Phi) is 6.20. The van der Waals surface area contributed by atoms with E-state index in [4.69, 9.17) is 13.9 Å². The molecule has 6 nitrogen and oxygen atoms in total. The fraction of sp³-hybridized carbons (Fsp3) is 0.286. The molecule has 0 fully saturated rings. The summed E-state index contributed by atoms with van der Waals surface area (Å²) in [6.45, 7) is 1.32. The van der Waals surface area contributed by atoms with Crippen LogP contribution in [0.25, 0.3) is 11.0 Å². The summed E-state index contributed by atoms with van der Waals surface area (Å²) in [5.41, 5.74) is 2.05. The number of guanidine groups is 1. The van der Waals surface area contributed by atoms with Gasteiger partial charge in [-0.1, -0.05) is 24.3 Å². The molecular formula is C21H25N3O3. The Morgan fingerprint density at radius 2 is 1.81 bits per heavy atom. The van der Waals surface area contributed by atoms with Crippen LogP contribution in [0.5, 0.6) is 11.5 Å². The number of hydrogen-bond acceptors (Lipinski definition) is 4. The number of nitrogens with one attached hydrogen (secondary N) is 2. The summed E-state index contributed by atoms with van der Waals surface area (Å²) in [7, 11) is 5.03. The van der Waals surface area contributed by atoms with Gasteiger partial charge in [0.1, 0.15) is 11.3 Å². The zero-order valence-electron chi connectivity index (χ0n) is 15.9. The molecule has 27 heavy (non-hydrogen) atoms. The second kappa shape index (κ2) is 8.98. The molecule has 0 atom stereocenters. The molecule has 0 radical (unpaired) electrons. The van der Waals surface area contributed by atoms with Gasteiger partial charge in [-0.05, 0) is 36.2 Å². The summed E-state index contributed by atoms with van der Waals surface area (Å²) in [6.07, 6.45) is 0.839. The third-order valence-electron chi connectivity index (χ3n) is 4.28. The van der Waals surface area contributed by atoms with Gasteiger partial charge in [-0.3, -0.25) is 4.99 Å². The third-order valence-corrected chi connectivity index (χ3v) is 4.28. The lowest BCUT2D eigenvalue weighted by atomic mass is 10.1. The van der Waals surface area contributed by atoms with Gasteiger partial charge >= 0.3 is 0 Å². The van der Waals surface area contributed by atoms with Crippen molar-refractivity contribution < 1.29 is 13.9 Å². The predicted molar refractivity (Wildman–Crippen MR) is 108 cm³/mol. The second-order valence-electron chi connectivity index (χ2n) is 6.04. The zero-order chi connectivity index (χ0) is 19.1. The average molecular weight is 367 g/mol. The summed E-state index contributed by atoms with van der Waals surface area (Å²) in [5.74, 6) is 3.08. The number of furan rings is 1. The number of para-hydroxylation sites is 1. The first-order valence-corrected chi connectivity index (χ1v) is 8.86. The Morgan fingerprint density at radius 1 is 1.00 bits per heavy atom. The van der Waals surface area contributed by atoms with E-state index in [1.165, 1.54) is 0 Å². The predicted octanol–water partition coefficient (Wildman–Crippen LogP) is 3.36. The van der Waals surface area contributed by atoms with Gasteiger partial charge < -0.3 is 24.5 Å². The maximum atomic E-state index is 5.81. The quantitative estimate of drug-likeness (QED) is 0.495. The van der Waals surface area contributed by atoms with Crippen LogP contribution in [0.3, 0.4) is 0 Å². The Hall–Kier alpha value is -3.15. The Morgan fingerprint density at radius 3 is 2.56 bits per heavy atom. The van der Waals surface area contributed by atoms with Crippen LogP contribution in [0, 0.1) is 0 Å². The fourth-order valence-electron chi connectivity index (χ4n) is 2.88. The van der Waals surface area contributed by atoms with E-state index >= 15 is 0 Å². The standard InChI is InChI=1S/C21H25N3O3/c1-22-21(24-14-17-13-16-6-4-5-7-18(16)27-17)23-11-10-15-8-9-19(25-2)20(12-15)26-3/h4-9,12-13H,10-11,14H2,1-3H3,(H2,22,23,24). The first-order valence-electron chi connectivity index (χ1n) is 8.86. The summed E-state index contributed by atoms with van der Waals surface area (Å²) < 4.78 is 16.4. The van der Waals surface area contributed by atoms with Crippen molar-refractivity contribution in [3.63, 3.8) is 0 Å². The highest BCUT2D eigenvalue weighted by atomic mass is 16.5. The molecule has 3 aromatic rings. The van der Waals surface area contributed by atoms with Crippen molar-refractivity contribution >= 4 is 16.9 Å². The molecule has 6 heteroatoms. The van der Waals surface area contributed by atoms with E-state index < -0.39 is 0 Å². The van der Waals surface area contributed by atoms with Crippen LogP contribution < -0.4 is 20.1 Å². The van der Waals surface area contributed by atoms with Gasteiger partial charge in [0.25, 0.3) is 0 Å². The molecule has 0 amide bonds. The van der Waals surface area contributed by atoms with Crippen LogP contribution >= 0.6 is 0 Å². The van der Waals surface area contributed by atoms with Gasteiger partial charge in [0.15, 0.2) is 17.5 Å². The Bertz CT molecular complexity index is 885. The number of ether oxygens (including phenoxy) is 2. The summed E-state index contributed by atoms with van der Waals surface area (Å²) in [6, 6.07) is 16.0. The molecule has 0 saturated heterocycles. The van der Waals surface area contributed by atoms with Crippen molar-refractivity contribution in [1.82, 2.24) is 10.6 Å². The van der Waals surface area contributed by atoms with Crippen molar-refractivity contribution in [2.75, 3.05) is 27.8 Å². The van der Waals surface area contributed by atoms with Crippen molar-refractivity contribution in [3.05, 3.63) is 59.9 Å². The number of methoxy groups -OCH3 is 2. The second-order valence-corrected chi connectivity index (χ2v) is 6.04. The lowest BCUT2D eigenvalue weighted by Crippen LogP contribution is -2.37. The van der Waals surface area contributed by atoms with Crippen molar-refractivity contribution in [3.8, 4) is 11.5 Å². The molecule has 0 bridgehead atoms. The van der Waals surface area contributed by atoms with E-state index in [-0.39, 0.29) is 0 Å². The van der Waals surface area contributed by atoms with Crippen LogP contribution in [0.1, 0.15) is 11.3 Å². The average Bonchev–Trinajstić information content (AvgIpc) is 3.13. The molecule has 0 aliphatic carbocycles. The number of fused-ring (bicyclic) bond motifs is 1. The van der Waals surface area contributed by atoms with E-state index in [9.17, 15) is 0 Å². The minimum atomic E-state index is 0.574. The van der Waals surface area contributed by atoms with E-state index in [1.807, 2.05) is 48.5 Å². The summed E-state index contributed by atoms with van der Waals surface area (Å²) >= 11 is 0. The van der Waals surface area contributed by atoms with Crippen LogP contribution in [0.15, 0.2) is 57.9 Å². The van der Waals surface area contributed by atoms with Gasteiger partial charge in [0.2, 0.25) is 0 Å². The first kappa shape index (κ1) is 18.6.